The number of benzene rings is 3. The van der Waals surface area contributed by atoms with Crippen LogP contribution in [0.15, 0.2) is 54.6 Å². The number of para-hydroxylation sites is 1. The predicted molar refractivity (Wildman–Crippen MR) is 132 cm³/mol. The molecule has 0 saturated heterocycles. The van der Waals surface area contributed by atoms with E-state index in [-0.39, 0.29) is 0 Å². The van der Waals surface area contributed by atoms with Crippen molar-refractivity contribution in [2.75, 3.05) is 23.4 Å². The maximum atomic E-state index is 11.6. The quantitative estimate of drug-likeness (QED) is 0.307. The highest BCUT2D eigenvalue weighted by molar-refractivity contribution is 7.92. The molecule has 5 aromatic rings. The maximum absolute atomic E-state index is 11.6. The second-order valence-electron chi connectivity index (χ2n) is 7.19. The summed E-state index contributed by atoms with van der Waals surface area (Å²) in [6.07, 6.45) is 1.10. The van der Waals surface area contributed by atoms with Crippen LogP contribution in [0, 0.1) is 0 Å². The number of anilines is 3. The second kappa shape index (κ2) is 7.77. The van der Waals surface area contributed by atoms with Gasteiger partial charge in [-0.2, -0.15) is 0 Å². The fourth-order valence-corrected chi connectivity index (χ4v) is 5.39. The zero-order valence-electron chi connectivity index (χ0n) is 17.0. The van der Waals surface area contributed by atoms with Crippen LogP contribution in [0.4, 0.5) is 17.1 Å². The summed E-state index contributed by atoms with van der Waals surface area (Å²) in [5.74, 6) is 0.488. The third-order valence-electron chi connectivity index (χ3n) is 4.94. The van der Waals surface area contributed by atoms with Crippen molar-refractivity contribution in [1.29, 1.82) is 0 Å². The van der Waals surface area contributed by atoms with Crippen LogP contribution in [-0.4, -0.2) is 31.8 Å². The highest BCUT2D eigenvalue weighted by Crippen LogP contribution is 2.42. The lowest BCUT2D eigenvalue weighted by molar-refractivity contribution is 0.417. The molecule has 162 valence electrons. The number of rotatable bonds is 5. The molecular weight excluding hydrogens is 468 g/mol. The Morgan fingerprint density at radius 1 is 1.00 bits per heavy atom. The van der Waals surface area contributed by atoms with E-state index in [2.05, 4.69) is 15.0 Å². The van der Waals surface area contributed by atoms with Crippen molar-refractivity contribution in [3.63, 3.8) is 0 Å². The molecule has 0 amide bonds. The molecule has 32 heavy (non-hydrogen) atoms. The van der Waals surface area contributed by atoms with Crippen LogP contribution in [0.25, 0.3) is 32.0 Å². The van der Waals surface area contributed by atoms with Gasteiger partial charge in [-0.05, 0) is 30.3 Å². The second-order valence-corrected chi connectivity index (χ2v) is 10.5. The first-order valence-electron chi connectivity index (χ1n) is 9.53. The van der Waals surface area contributed by atoms with Gasteiger partial charge in [-0.3, -0.25) is 4.72 Å². The molecule has 0 fully saturated rings. The van der Waals surface area contributed by atoms with E-state index < -0.39 is 10.0 Å². The average Bonchev–Trinajstić information content (AvgIpc) is 3.13. The molecule has 0 saturated carbocycles. The Kier molecular flexibility index (Phi) is 5.04. The number of halogens is 1. The fraction of sp³-hybridized carbons (Fsp3) is 0.0909. The van der Waals surface area contributed by atoms with Crippen molar-refractivity contribution in [1.82, 2.24) is 9.97 Å². The standard InChI is InChI=1S/C22H17ClN4O3S2/c1-30-18-11-12(27-32(2,28)29)7-8-15(18)25-20-13-5-3-4-6-14(13)24-16-9-10-17-21(19(16)20)31-22(23)26-17/h3-11,27H,1-2H3,(H,24,25). The maximum Gasteiger partial charge on any atom is 0.229 e. The van der Waals surface area contributed by atoms with Crippen LogP contribution in [0.3, 0.4) is 0 Å². The Bertz CT molecular complexity index is 1620. The Morgan fingerprint density at radius 3 is 2.56 bits per heavy atom. The molecule has 5 rings (SSSR count). The lowest BCUT2D eigenvalue weighted by Crippen LogP contribution is -2.09. The van der Waals surface area contributed by atoms with E-state index in [9.17, 15) is 8.42 Å². The van der Waals surface area contributed by atoms with Gasteiger partial charge in [0.15, 0.2) is 4.47 Å². The molecule has 0 bridgehead atoms. The normalized spacial score (nSPS) is 11.8. The van der Waals surface area contributed by atoms with E-state index in [4.69, 9.17) is 21.3 Å². The molecule has 0 atom stereocenters. The van der Waals surface area contributed by atoms with E-state index in [1.54, 1.807) is 18.2 Å². The van der Waals surface area contributed by atoms with Crippen LogP contribution in [0.2, 0.25) is 4.47 Å². The van der Waals surface area contributed by atoms with Crippen molar-refractivity contribution in [2.45, 2.75) is 0 Å². The summed E-state index contributed by atoms with van der Waals surface area (Å²) in [6, 6.07) is 16.8. The molecule has 0 aliphatic rings. The minimum atomic E-state index is -3.41. The van der Waals surface area contributed by atoms with E-state index >= 15 is 0 Å². The number of pyridine rings is 1. The zero-order chi connectivity index (χ0) is 22.5. The molecular formula is C22H17ClN4O3S2. The molecule has 7 nitrogen and oxygen atoms in total. The molecule has 0 aliphatic heterocycles. The summed E-state index contributed by atoms with van der Waals surface area (Å²) in [6.45, 7) is 0. The number of thiazole rings is 1. The third-order valence-corrected chi connectivity index (χ3v) is 6.74. The number of hydrogen-bond donors (Lipinski definition) is 2. The van der Waals surface area contributed by atoms with Gasteiger partial charge >= 0.3 is 0 Å². The fourth-order valence-electron chi connectivity index (χ4n) is 3.67. The van der Waals surface area contributed by atoms with Gasteiger partial charge in [0.2, 0.25) is 10.0 Å². The van der Waals surface area contributed by atoms with Gasteiger partial charge in [-0.1, -0.05) is 29.8 Å². The Morgan fingerprint density at radius 2 is 1.78 bits per heavy atom. The van der Waals surface area contributed by atoms with Crippen LogP contribution >= 0.6 is 22.9 Å². The van der Waals surface area contributed by atoms with Crippen molar-refractivity contribution in [3.05, 3.63) is 59.1 Å². The van der Waals surface area contributed by atoms with Gasteiger partial charge < -0.3 is 10.1 Å². The number of nitrogens with zero attached hydrogens (tertiary/aromatic N) is 2. The van der Waals surface area contributed by atoms with E-state index in [1.165, 1.54) is 18.4 Å². The molecule has 0 radical (unpaired) electrons. The Hall–Kier alpha value is -3.14. The zero-order valence-corrected chi connectivity index (χ0v) is 19.4. The largest absolute Gasteiger partial charge is 0.494 e. The van der Waals surface area contributed by atoms with Gasteiger partial charge in [-0.25, -0.2) is 18.4 Å². The molecule has 0 unspecified atom stereocenters. The van der Waals surface area contributed by atoms with Crippen LogP contribution in [0.1, 0.15) is 0 Å². The first-order valence-corrected chi connectivity index (χ1v) is 12.6. The summed E-state index contributed by atoms with van der Waals surface area (Å²) in [4.78, 5) is 9.23. The van der Waals surface area contributed by atoms with E-state index in [0.29, 0.717) is 21.6 Å². The summed E-state index contributed by atoms with van der Waals surface area (Å²) in [5, 5.41) is 5.33. The smallest absolute Gasteiger partial charge is 0.229 e. The average molecular weight is 485 g/mol. The van der Waals surface area contributed by atoms with Gasteiger partial charge in [0.25, 0.3) is 0 Å². The summed E-state index contributed by atoms with van der Waals surface area (Å²) >= 11 is 7.62. The predicted octanol–water partition coefficient (Wildman–Crippen LogP) is 5.77. The highest BCUT2D eigenvalue weighted by Gasteiger charge is 2.17. The van der Waals surface area contributed by atoms with Crippen molar-refractivity contribution >= 4 is 82.0 Å². The number of fused-ring (bicyclic) bond motifs is 4. The monoisotopic (exact) mass is 484 g/mol. The van der Waals surface area contributed by atoms with Crippen LogP contribution in [0.5, 0.6) is 5.75 Å². The summed E-state index contributed by atoms with van der Waals surface area (Å²) < 4.78 is 32.6. The van der Waals surface area contributed by atoms with Crippen LogP contribution < -0.4 is 14.8 Å². The highest BCUT2D eigenvalue weighted by atomic mass is 35.5. The number of sulfonamides is 1. The van der Waals surface area contributed by atoms with Gasteiger partial charge in [-0.15, -0.1) is 11.3 Å². The first-order chi connectivity index (χ1) is 15.3. The molecule has 10 heteroatoms. The third kappa shape index (κ3) is 3.79. The van der Waals surface area contributed by atoms with Crippen molar-refractivity contribution in [3.8, 4) is 5.75 Å². The van der Waals surface area contributed by atoms with E-state index in [1.807, 2.05) is 36.4 Å². The first kappa shape index (κ1) is 20.7. The number of hydrogen-bond acceptors (Lipinski definition) is 7. The van der Waals surface area contributed by atoms with E-state index in [0.717, 1.165) is 44.0 Å². The number of ether oxygens (including phenoxy) is 1. The van der Waals surface area contributed by atoms with Crippen molar-refractivity contribution in [2.24, 2.45) is 0 Å². The lowest BCUT2D eigenvalue weighted by atomic mass is 10.1. The molecule has 0 spiro atoms. The van der Waals surface area contributed by atoms with Gasteiger partial charge in [0.05, 0.1) is 51.7 Å². The summed E-state index contributed by atoms with van der Waals surface area (Å²) in [5.41, 5.74) is 4.39. The van der Waals surface area contributed by atoms with Gasteiger partial charge in [0, 0.05) is 16.8 Å². The lowest BCUT2D eigenvalue weighted by Gasteiger charge is -2.17. The number of nitrogens with one attached hydrogen (secondary N) is 2. The molecule has 0 aliphatic carbocycles. The number of aromatic nitrogens is 2. The van der Waals surface area contributed by atoms with Crippen molar-refractivity contribution < 1.29 is 13.2 Å². The summed E-state index contributed by atoms with van der Waals surface area (Å²) in [7, 11) is -1.87. The van der Waals surface area contributed by atoms with Gasteiger partial charge in [0.1, 0.15) is 5.75 Å². The Balaban J connectivity index is 1.75. The number of methoxy groups -OCH3 is 1. The molecule has 2 heterocycles. The molecule has 3 aromatic carbocycles. The molecule has 2 N–H and O–H groups in total. The molecule has 2 aromatic heterocycles. The SMILES string of the molecule is COc1cc(NS(C)(=O)=O)ccc1Nc1c2ccccc2nc2ccc3nc(Cl)sc3c12. The minimum absolute atomic E-state index is 0.413. The minimum Gasteiger partial charge on any atom is -0.494 e. The Labute approximate surface area is 193 Å². The van der Waals surface area contributed by atoms with Crippen LogP contribution in [-0.2, 0) is 10.0 Å². The topological polar surface area (TPSA) is 93.2 Å².